The highest BCUT2D eigenvalue weighted by atomic mass is 35.5. The molecule has 6 heteroatoms. The molecular formula is C14H23ClN2O2S. The molecule has 1 aromatic rings. The van der Waals surface area contributed by atoms with Crippen molar-refractivity contribution in [1.82, 2.24) is 4.31 Å². The number of nitrogens with zero attached hydrogens (tertiary/aromatic N) is 1. The molecule has 0 aliphatic carbocycles. The summed E-state index contributed by atoms with van der Waals surface area (Å²) in [6, 6.07) is 5.35. The average molecular weight is 319 g/mol. The molecule has 1 heterocycles. The van der Waals surface area contributed by atoms with Crippen LogP contribution in [0.1, 0.15) is 24.5 Å². The third kappa shape index (κ3) is 3.34. The van der Waals surface area contributed by atoms with Gasteiger partial charge in [0.25, 0.3) is 0 Å². The molecule has 0 bridgehead atoms. The summed E-state index contributed by atoms with van der Waals surface area (Å²) < 4.78 is 26.7. The molecule has 1 aliphatic rings. The minimum Gasteiger partial charge on any atom is -0.328 e. The molecule has 2 atom stereocenters. The Labute approximate surface area is 127 Å². The van der Waals surface area contributed by atoms with Crippen molar-refractivity contribution >= 4 is 22.4 Å². The zero-order valence-corrected chi connectivity index (χ0v) is 13.8. The van der Waals surface area contributed by atoms with E-state index in [1.54, 1.807) is 16.4 Å². The smallest absolute Gasteiger partial charge is 0.243 e. The lowest BCUT2D eigenvalue weighted by Gasteiger charge is -2.18. The van der Waals surface area contributed by atoms with Gasteiger partial charge in [0.2, 0.25) is 10.0 Å². The Morgan fingerprint density at radius 2 is 1.95 bits per heavy atom. The van der Waals surface area contributed by atoms with Crippen molar-refractivity contribution < 1.29 is 8.42 Å². The molecule has 0 radical (unpaired) electrons. The first-order valence-electron chi connectivity index (χ1n) is 6.65. The molecule has 20 heavy (non-hydrogen) atoms. The van der Waals surface area contributed by atoms with E-state index in [1.165, 1.54) is 0 Å². The topological polar surface area (TPSA) is 63.4 Å². The van der Waals surface area contributed by atoms with Gasteiger partial charge >= 0.3 is 0 Å². The number of nitrogens with two attached hydrogens (primary N) is 1. The minimum absolute atomic E-state index is 0. The number of rotatable bonds is 3. The van der Waals surface area contributed by atoms with Gasteiger partial charge in [-0.1, -0.05) is 6.07 Å². The van der Waals surface area contributed by atoms with Crippen molar-refractivity contribution in [2.45, 2.75) is 38.1 Å². The number of aryl methyl sites for hydroxylation is 2. The molecule has 1 saturated heterocycles. The van der Waals surface area contributed by atoms with E-state index in [4.69, 9.17) is 5.73 Å². The highest BCUT2D eigenvalue weighted by Crippen LogP contribution is 2.26. The van der Waals surface area contributed by atoms with Crippen LogP contribution in [0.3, 0.4) is 0 Å². The van der Waals surface area contributed by atoms with Crippen molar-refractivity contribution in [3.8, 4) is 0 Å². The van der Waals surface area contributed by atoms with E-state index in [-0.39, 0.29) is 24.4 Å². The van der Waals surface area contributed by atoms with Crippen molar-refractivity contribution in [1.29, 1.82) is 0 Å². The van der Waals surface area contributed by atoms with Gasteiger partial charge in [0.15, 0.2) is 0 Å². The molecular weight excluding hydrogens is 296 g/mol. The van der Waals surface area contributed by atoms with Crippen molar-refractivity contribution in [3.63, 3.8) is 0 Å². The summed E-state index contributed by atoms with van der Waals surface area (Å²) in [5.41, 5.74) is 7.97. The van der Waals surface area contributed by atoms with E-state index in [0.29, 0.717) is 18.0 Å². The van der Waals surface area contributed by atoms with E-state index >= 15 is 0 Å². The van der Waals surface area contributed by atoms with Crippen LogP contribution >= 0.6 is 12.4 Å². The number of benzene rings is 1. The zero-order valence-electron chi connectivity index (χ0n) is 12.2. The summed E-state index contributed by atoms with van der Waals surface area (Å²) in [6.45, 7) is 6.96. The van der Waals surface area contributed by atoms with Crippen LogP contribution in [-0.4, -0.2) is 31.9 Å². The Morgan fingerprint density at radius 3 is 2.45 bits per heavy atom. The normalized spacial score (nSPS) is 21.5. The SMILES string of the molecule is Cc1ccc(S(=O)(=O)N2CCC(C(C)N)C2)cc1C.Cl. The van der Waals surface area contributed by atoms with Crippen LogP contribution < -0.4 is 5.73 Å². The lowest BCUT2D eigenvalue weighted by Crippen LogP contribution is -2.33. The Hall–Kier alpha value is -0.620. The van der Waals surface area contributed by atoms with E-state index in [2.05, 4.69) is 0 Å². The maximum Gasteiger partial charge on any atom is 0.243 e. The van der Waals surface area contributed by atoms with Crippen LogP contribution in [0.2, 0.25) is 0 Å². The standard InChI is InChI=1S/C14H22N2O2S.ClH/c1-10-4-5-14(8-11(10)2)19(17,18)16-7-6-13(9-16)12(3)15;/h4-5,8,12-13H,6-7,9,15H2,1-3H3;1H. The lowest BCUT2D eigenvalue weighted by atomic mass is 10.0. The minimum atomic E-state index is -3.37. The van der Waals surface area contributed by atoms with E-state index in [9.17, 15) is 8.42 Å². The molecule has 4 nitrogen and oxygen atoms in total. The summed E-state index contributed by atoms with van der Waals surface area (Å²) in [5, 5.41) is 0. The zero-order chi connectivity index (χ0) is 14.2. The Balaban J connectivity index is 0.00000200. The Kier molecular flexibility index (Phi) is 5.61. The molecule has 0 spiro atoms. The first kappa shape index (κ1) is 17.4. The van der Waals surface area contributed by atoms with E-state index in [0.717, 1.165) is 17.5 Å². The third-order valence-corrected chi connectivity index (χ3v) is 5.91. The van der Waals surface area contributed by atoms with Crippen LogP contribution in [0.5, 0.6) is 0 Å². The highest BCUT2D eigenvalue weighted by molar-refractivity contribution is 7.89. The van der Waals surface area contributed by atoms with Crippen molar-refractivity contribution in [2.75, 3.05) is 13.1 Å². The largest absolute Gasteiger partial charge is 0.328 e. The van der Waals surface area contributed by atoms with Crippen LogP contribution in [0, 0.1) is 19.8 Å². The molecule has 1 aliphatic heterocycles. The lowest BCUT2D eigenvalue weighted by molar-refractivity contribution is 0.429. The predicted octanol–water partition coefficient (Wildman–Crippen LogP) is 2.08. The molecule has 1 fully saturated rings. The maximum atomic E-state index is 12.6. The fourth-order valence-corrected chi connectivity index (χ4v) is 4.02. The van der Waals surface area contributed by atoms with Crippen LogP contribution in [0.15, 0.2) is 23.1 Å². The predicted molar refractivity (Wildman–Crippen MR) is 83.7 cm³/mol. The van der Waals surface area contributed by atoms with Gasteiger partial charge in [-0.25, -0.2) is 8.42 Å². The summed E-state index contributed by atoms with van der Waals surface area (Å²) in [4.78, 5) is 0.390. The number of hydrogen-bond donors (Lipinski definition) is 1. The van der Waals surface area contributed by atoms with Crippen molar-refractivity contribution in [3.05, 3.63) is 29.3 Å². The van der Waals surface area contributed by atoms with Gasteiger partial charge in [-0.15, -0.1) is 12.4 Å². The van der Waals surface area contributed by atoms with Crippen molar-refractivity contribution in [2.24, 2.45) is 11.7 Å². The summed E-state index contributed by atoms with van der Waals surface area (Å²) >= 11 is 0. The molecule has 1 aromatic carbocycles. The first-order chi connectivity index (χ1) is 8.82. The van der Waals surface area contributed by atoms with E-state index < -0.39 is 10.0 Å². The quantitative estimate of drug-likeness (QED) is 0.928. The second-order valence-corrected chi connectivity index (χ2v) is 7.45. The van der Waals surface area contributed by atoms with Crippen LogP contribution in [-0.2, 0) is 10.0 Å². The van der Waals surface area contributed by atoms with Gasteiger partial charge in [0, 0.05) is 19.1 Å². The van der Waals surface area contributed by atoms with Gasteiger partial charge in [-0.3, -0.25) is 0 Å². The average Bonchev–Trinajstić information content (AvgIpc) is 2.82. The number of hydrogen-bond acceptors (Lipinski definition) is 3. The molecule has 114 valence electrons. The molecule has 2 N–H and O–H groups in total. The Morgan fingerprint density at radius 1 is 1.30 bits per heavy atom. The molecule has 0 amide bonds. The van der Waals surface area contributed by atoms with Gasteiger partial charge in [-0.2, -0.15) is 4.31 Å². The second kappa shape index (κ2) is 6.43. The van der Waals surface area contributed by atoms with Crippen LogP contribution in [0.25, 0.3) is 0 Å². The van der Waals surface area contributed by atoms with E-state index in [1.807, 2.05) is 26.8 Å². The van der Waals surface area contributed by atoms with Gasteiger partial charge in [-0.05, 0) is 56.4 Å². The summed E-state index contributed by atoms with van der Waals surface area (Å²) in [7, 11) is -3.37. The maximum absolute atomic E-state index is 12.6. The fourth-order valence-electron chi connectivity index (χ4n) is 2.42. The van der Waals surface area contributed by atoms with Gasteiger partial charge in [0.1, 0.15) is 0 Å². The highest BCUT2D eigenvalue weighted by Gasteiger charge is 2.33. The molecule has 0 aromatic heterocycles. The summed E-state index contributed by atoms with van der Waals surface area (Å²) in [5.74, 6) is 0.265. The number of sulfonamides is 1. The van der Waals surface area contributed by atoms with Gasteiger partial charge < -0.3 is 5.73 Å². The number of halogens is 1. The summed E-state index contributed by atoms with van der Waals surface area (Å²) in [6.07, 6.45) is 0.849. The van der Waals surface area contributed by atoms with Gasteiger partial charge in [0.05, 0.1) is 4.90 Å². The monoisotopic (exact) mass is 318 g/mol. The molecule has 0 saturated carbocycles. The molecule has 2 unspecified atom stereocenters. The van der Waals surface area contributed by atoms with Crippen LogP contribution in [0.4, 0.5) is 0 Å². The molecule has 2 rings (SSSR count). The Bertz CT molecular complexity index is 573. The third-order valence-electron chi connectivity index (χ3n) is 4.05. The first-order valence-corrected chi connectivity index (χ1v) is 8.09. The fraction of sp³-hybridized carbons (Fsp3) is 0.571. The second-order valence-electron chi connectivity index (χ2n) is 5.52.